The van der Waals surface area contributed by atoms with Gasteiger partial charge in [0.2, 0.25) is 0 Å². The first-order valence-electron chi connectivity index (χ1n) is 6.76. The molecule has 1 aromatic rings. The molecule has 0 radical (unpaired) electrons. The van der Waals surface area contributed by atoms with Crippen LogP contribution < -0.4 is 10.6 Å². The molecule has 22 heavy (non-hydrogen) atoms. The zero-order valence-electron chi connectivity index (χ0n) is 11.7. The van der Waals surface area contributed by atoms with Gasteiger partial charge in [0, 0.05) is 18.8 Å². The number of hydrogen-bond donors (Lipinski definition) is 3. The fourth-order valence-corrected chi connectivity index (χ4v) is 3.33. The van der Waals surface area contributed by atoms with Crippen molar-refractivity contribution >= 4 is 17.8 Å². The maximum absolute atomic E-state index is 12.4. The van der Waals surface area contributed by atoms with E-state index in [2.05, 4.69) is 10.6 Å². The number of nitrogens with one attached hydrogen (secondary N) is 2. The van der Waals surface area contributed by atoms with E-state index >= 15 is 0 Å². The summed E-state index contributed by atoms with van der Waals surface area (Å²) < 4.78 is 37.2. The summed E-state index contributed by atoms with van der Waals surface area (Å²) in [5.74, 6) is 1.46. The lowest BCUT2D eigenvalue weighted by atomic mass is 10.0. The van der Waals surface area contributed by atoms with Crippen molar-refractivity contribution in [1.29, 1.82) is 0 Å². The van der Waals surface area contributed by atoms with Crippen LogP contribution >= 0.6 is 11.8 Å². The number of aliphatic hydroxyl groups is 1. The Bertz CT molecular complexity index is 514. The molecule has 8 heteroatoms. The quantitative estimate of drug-likeness (QED) is 0.792. The normalized spacial score (nSPS) is 21.6. The molecule has 122 valence electrons. The van der Waals surface area contributed by atoms with Gasteiger partial charge in [0.05, 0.1) is 11.2 Å². The molecule has 1 aliphatic heterocycles. The smallest absolute Gasteiger partial charge is 0.387 e. The summed E-state index contributed by atoms with van der Waals surface area (Å²) in [4.78, 5) is 11.6. The van der Waals surface area contributed by atoms with E-state index < -0.39 is 23.4 Å². The second kappa shape index (κ2) is 6.78. The highest BCUT2D eigenvalue weighted by Crippen LogP contribution is 2.29. The Morgan fingerprint density at radius 2 is 1.95 bits per heavy atom. The van der Waals surface area contributed by atoms with Crippen molar-refractivity contribution in [2.75, 3.05) is 18.1 Å². The van der Waals surface area contributed by atoms with E-state index in [-0.39, 0.29) is 13.1 Å². The van der Waals surface area contributed by atoms with Crippen molar-refractivity contribution in [3.8, 4) is 0 Å². The van der Waals surface area contributed by atoms with Crippen LogP contribution in [0.15, 0.2) is 24.3 Å². The SMILES string of the molecule is O=C(NCc1ccc(C(F)(F)F)cc1)NCC1(O)CCSC1. The van der Waals surface area contributed by atoms with E-state index in [1.165, 1.54) is 12.1 Å². The Balaban J connectivity index is 1.76. The number of thioether (sulfide) groups is 1. The fraction of sp³-hybridized carbons (Fsp3) is 0.500. The van der Waals surface area contributed by atoms with E-state index in [0.29, 0.717) is 17.7 Å². The van der Waals surface area contributed by atoms with E-state index in [9.17, 15) is 23.1 Å². The number of benzene rings is 1. The van der Waals surface area contributed by atoms with Gasteiger partial charge in [-0.15, -0.1) is 0 Å². The molecule has 1 saturated heterocycles. The van der Waals surface area contributed by atoms with Crippen LogP contribution in [-0.2, 0) is 12.7 Å². The number of hydrogen-bond acceptors (Lipinski definition) is 3. The number of amides is 2. The molecule has 1 heterocycles. The van der Waals surface area contributed by atoms with Gasteiger partial charge < -0.3 is 15.7 Å². The summed E-state index contributed by atoms with van der Waals surface area (Å²) >= 11 is 1.63. The predicted molar refractivity (Wildman–Crippen MR) is 78.6 cm³/mol. The molecule has 1 aliphatic rings. The minimum absolute atomic E-state index is 0.122. The Labute approximate surface area is 130 Å². The highest BCUT2D eigenvalue weighted by molar-refractivity contribution is 7.99. The fourth-order valence-electron chi connectivity index (χ4n) is 2.04. The third kappa shape index (κ3) is 4.81. The number of halogens is 3. The molecule has 1 aromatic carbocycles. The molecule has 2 rings (SSSR count). The predicted octanol–water partition coefficient (Wildman–Crippen LogP) is 2.37. The lowest BCUT2D eigenvalue weighted by molar-refractivity contribution is -0.137. The van der Waals surface area contributed by atoms with Crippen molar-refractivity contribution < 1.29 is 23.1 Å². The average molecular weight is 334 g/mol. The van der Waals surface area contributed by atoms with Crippen molar-refractivity contribution in [2.24, 2.45) is 0 Å². The molecule has 0 aromatic heterocycles. The Hall–Kier alpha value is -1.41. The molecule has 0 bridgehead atoms. The second-order valence-electron chi connectivity index (χ2n) is 5.26. The lowest BCUT2D eigenvalue weighted by Crippen LogP contribution is -2.46. The summed E-state index contributed by atoms with van der Waals surface area (Å²) in [6, 6.07) is 4.15. The van der Waals surface area contributed by atoms with Crippen LogP contribution in [0.2, 0.25) is 0 Å². The number of rotatable bonds is 4. The third-order valence-electron chi connectivity index (χ3n) is 3.39. The summed E-state index contributed by atoms with van der Waals surface area (Å²) in [7, 11) is 0. The number of urea groups is 1. The zero-order chi connectivity index (χ0) is 16.2. The number of alkyl halides is 3. The maximum atomic E-state index is 12.4. The van der Waals surface area contributed by atoms with Crippen molar-refractivity contribution in [3.63, 3.8) is 0 Å². The van der Waals surface area contributed by atoms with Gasteiger partial charge in [-0.2, -0.15) is 24.9 Å². The Morgan fingerprint density at radius 3 is 2.50 bits per heavy atom. The molecule has 2 amide bonds. The van der Waals surface area contributed by atoms with Crippen LogP contribution in [0.3, 0.4) is 0 Å². The first-order chi connectivity index (χ1) is 10.3. The average Bonchev–Trinajstić information content (AvgIpc) is 2.90. The monoisotopic (exact) mass is 334 g/mol. The van der Waals surface area contributed by atoms with Gasteiger partial charge in [-0.05, 0) is 29.9 Å². The topological polar surface area (TPSA) is 61.4 Å². The summed E-state index contributed by atoms with van der Waals surface area (Å²) in [6.45, 7) is 0.288. The summed E-state index contributed by atoms with van der Waals surface area (Å²) in [6.07, 6.45) is -3.73. The van der Waals surface area contributed by atoms with E-state index in [1.54, 1.807) is 11.8 Å². The molecule has 0 aliphatic carbocycles. The maximum Gasteiger partial charge on any atom is 0.416 e. The summed E-state index contributed by atoms with van der Waals surface area (Å²) in [5.41, 5.74) is -1.02. The largest absolute Gasteiger partial charge is 0.416 e. The molecule has 1 unspecified atom stereocenters. The highest BCUT2D eigenvalue weighted by atomic mass is 32.2. The minimum atomic E-state index is -4.36. The van der Waals surface area contributed by atoms with Crippen LogP contribution in [0, 0.1) is 0 Å². The lowest BCUT2D eigenvalue weighted by Gasteiger charge is -2.21. The van der Waals surface area contributed by atoms with Crippen LogP contribution in [0.25, 0.3) is 0 Å². The molecule has 0 spiro atoms. The molecule has 3 N–H and O–H groups in total. The number of carbonyl (C=O) groups is 1. The molecule has 1 atom stereocenters. The van der Waals surface area contributed by atoms with Gasteiger partial charge in [-0.25, -0.2) is 4.79 Å². The molecular formula is C14H17F3N2O2S. The van der Waals surface area contributed by atoms with Gasteiger partial charge >= 0.3 is 12.2 Å². The van der Waals surface area contributed by atoms with Crippen LogP contribution in [0.1, 0.15) is 17.5 Å². The van der Waals surface area contributed by atoms with Gasteiger partial charge in [-0.3, -0.25) is 0 Å². The Morgan fingerprint density at radius 1 is 1.27 bits per heavy atom. The number of carbonyl (C=O) groups excluding carboxylic acids is 1. The standard InChI is InChI=1S/C14H17F3N2O2S/c15-14(16,17)11-3-1-10(2-4-11)7-18-12(20)19-8-13(21)5-6-22-9-13/h1-4,21H,5-9H2,(H2,18,19,20). The Kier molecular flexibility index (Phi) is 5.23. The highest BCUT2D eigenvalue weighted by Gasteiger charge is 2.32. The molecule has 1 fully saturated rings. The van der Waals surface area contributed by atoms with Crippen molar-refractivity contribution in [1.82, 2.24) is 10.6 Å². The second-order valence-corrected chi connectivity index (χ2v) is 6.36. The van der Waals surface area contributed by atoms with Gasteiger partial charge in [0.1, 0.15) is 0 Å². The zero-order valence-corrected chi connectivity index (χ0v) is 12.6. The van der Waals surface area contributed by atoms with Crippen LogP contribution in [0.4, 0.5) is 18.0 Å². The molecule has 4 nitrogen and oxygen atoms in total. The van der Waals surface area contributed by atoms with Crippen LogP contribution in [0.5, 0.6) is 0 Å². The van der Waals surface area contributed by atoms with Gasteiger partial charge in [0.25, 0.3) is 0 Å². The summed E-state index contributed by atoms with van der Waals surface area (Å²) in [5, 5.41) is 15.2. The van der Waals surface area contributed by atoms with E-state index in [1.807, 2.05) is 0 Å². The molecule has 0 saturated carbocycles. The van der Waals surface area contributed by atoms with Crippen molar-refractivity contribution in [2.45, 2.75) is 24.7 Å². The van der Waals surface area contributed by atoms with Gasteiger partial charge in [0.15, 0.2) is 0 Å². The molecular weight excluding hydrogens is 317 g/mol. The minimum Gasteiger partial charge on any atom is -0.387 e. The third-order valence-corrected chi connectivity index (χ3v) is 4.63. The van der Waals surface area contributed by atoms with Gasteiger partial charge in [-0.1, -0.05) is 12.1 Å². The van der Waals surface area contributed by atoms with Crippen molar-refractivity contribution in [3.05, 3.63) is 35.4 Å². The first kappa shape index (κ1) is 17.0. The first-order valence-corrected chi connectivity index (χ1v) is 7.92. The van der Waals surface area contributed by atoms with Crippen LogP contribution in [-0.4, -0.2) is 34.8 Å². The van der Waals surface area contributed by atoms with E-state index in [0.717, 1.165) is 17.9 Å². The van der Waals surface area contributed by atoms with E-state index in [4.69, 9.17) is 0 Å².